The summed E-state index contributed by atoms with van der Waals surface area (Å²) < 4.78 is 279. The number of hydrogen-bond donors (Lipinski definition) is 0. The predicted molar refractivity (Wildman–Crippen MR) is 238 cm³/mol. The van der Waals surface area contributed by atoms with Crippen LogP contribution >= 0.6 is 0 Å². The Balaban J connectivity index is 1.34. The lowest BCUT2D eigenvalue weighted by atomic mass is 9.67. The van der Waals surface area contributed by atoms with Gasteiger partial charge in [-0.3, -0.25) is 0 Å². The minimum absolute atomic E-state index is 0.154. The van der Waals surface area contributed by atoms with Crippen molar-refractivity contribution >= 4 is 60.9 Å². The van der Waals surface area contributed by atoms with Gasteiger partial charge in [-0.25, -0.2) is 0 Å². The second-order valence-corrected chi connectivity index (χ2v) is 13.0. The van der Waals surface area contributed by atoms with Crippen LogP contribution in [-0.4, -0.2) is 0 Å². The SMILES string of the molecule is [2H]c1cc2c(c([2H])c1[2H])-c1c(cc(N(c3ccc4oc5c([2H])c([2H])c([2H])c([2H])c5c4c3[2H])c3c([2H])c([2H])c([2H])c([2H])c3-c3cc([2H])c4c(oc5c([2H])c([2H])cc([2H])c54)c3[2H])c([2H])c1[2H])C2(c1c([2H])c([2H])c([2H])c([2H])c1[2H])c1c([2H])c([2H])c([2H])c([2H])c1[2H]. The van der Waals surface area contributed by atoms with Gasteiger partial charge >= 0.3 is 0 Å². The second kappa shape index (κ2) is 12.7. The van der Waals surface area contributed by atoms with E-state index in [1.54, 1.807) is 0 Å². The van der Waals surface area contributed by atoms with Crippen LogP contribution in [0.25, 0.3) is 66.1 Å². The Morgan fingerprint density at radius 1 is 0.414 bits per heavy atom. The van der Waals surface area contributed by atoms with E-state index in [2.05, 4.69) is 0 Å². The number of fused-ring (bicyclic) bond motifs is 9. The van der Waals surface area contributed by atoms with Crippen molar-refractivity contribution in [3.05, 3.63) is 234 Å². The molecule has 0 saturated heterocycles. The monoisotopic (exact) mass is 770 g/mol. The van der Waals surface area contributed by atoms with E-state index >= 15 is 0 Å². The van der Waals surface area contributed by atoms with Gasteiger partial charge in [0, 0.05) is 38.5 Å². The summed E-state index contributed by atoms with van der Waals surface area (Å²) in [6.07, 6.45) is 0. The zero-order valence-electron chi connectivity index (χ0n) is 58.2. The molecule has 0 aliphatic heterocycles. The number of furan rings is 2. The number of rotatable bonds is 6. The number of nitrogens with zero attached hydrogens (tertiary/aromatic N) is 1. The molecule has 0 amide bonds. The third kappa shape index (κ3) is 4.74. The summed E-state index contributed by atoms with van der Waals surface area (Å²) in [4.78, 5) is 0.799. The maximum absolute atomic E-state index is 10.2. The Labute approximate surface area is 376 Å². The highest BCUT2D eigenvalue weighted by atomic mass is 16.3. The molecule has 0 atom stereocenters. The standard InChI is InChI=1S/C55H35NO2/c1-3-15-37(16-4-1)55(38-17-5-2-6-18-38)48-23-11-7-20-42(48)43-31-28-40(35-49(43)55)56(39-29-32-53-47(34-39)45-22-10-14-26-52(45)57-53)50-24-12-8-19-41(50)36-27-30-46-44-21-9-13-25-51(44)58-54(46)33-36/h1-35H/i1D,2D,3D,4D,5D,6D,7D,8D,10D,11D,12D,13D,14D,15D,16D,17D,18D,19D,20D,21D,22D,24D,25D,26D,28D,30D,31D,33D,34D. The molecule has 2 aromatic heterocycles. The molecule has 0 radical (unpaired) electrons. The number of benzene rings is 9. The first-order valence-corrected chi connectivity index (χ1v) is 17.5. The van der Waals surface area contributed by atoms with Crippen LogP contribution in [0.1, 0.15) is 62.0 Å². The number of para-hydroxylation sites is 3. The largest absolute Gasteiger partial charge is 0.456 e. The number of hydrogen-bond acceptors (Lipinski definition) is 3. The van der Waals surface area contributed by atoms with Gasteiger partial charge in [0.05, 0.1) is 50.9 Å². The van der Waals surface area contributed by atoms with Gasteiger partial charge in [-0.1, -0.05) is 151 Å². The van der Waals surface area contributed by atoms with Gasteiger partial charge in [-0.05, 0) is 99.4 Å². The zero-order valence-corrected chi connectivity index (χ0v) is 29.2. The van der Waals surface area contributed by atoms with E-state index in [0.717, 1.165) is 35.2 Å². The van der Waals surface area contributed by atoms with Gasteiger partial charge in [0.15, 0.2) is 0 Å². The molecule has 1 aliphatic rings. The van der Waals surface area contributed by atoms with Crippen molar-refractivity contribution in [2.24, 2.45) is 0 Å². The first-order valence-electron chi connectivity index (χ1n) is 32.0. The fraction of sp³-hybridized carbons (Fsp3) is 0.0182. The maximum atomic E-state index is 10.2. The average molecular weight is 771 g/mol. The van der Waals surface area contributed by atoms with Gasteiger partial charge in [-0.2, -0.15) is 0 Å². The molecule has 0 fully saturated rings. The third-order valence-corrected chi connectivity index (χ3v) is 10.1. The van der Waals surface area contributed by atoms with Crippen LogP contribution in [0.4, 0.5) is 17.1 Å². The molecule has 1 aliphatic carbocycles. The molecule has 12 rings (SSSR count). The fourth-order valence-electron chi connectivity index (χ4n) is 7.68. The highest BCUT2D eigenvalue weighted by Crippen LogP contribution is 2.57. The quantitative estimate of drug-likeness (QED) is 0.169. The third-order valence-electron chi connectivity index (χ3n) is 10.1. The lowest BCUT2D eigenvalue weighted by Gasteiger charge is -2.35. The molecule has 0 N–H and O–H groups in total. The highest BCUT2D eigenvalue weighted by molar-refractivity contribution is 6.08. The normalized spacial score (nSPS) is 20.0. The van der Waals surface area contributed by atoms with Gasteiger partial charge < -0.3 is 13.7 Å². The van der Waals surface area contributed by atoms with Gasteiger partial charge in [0.1, 0.15) is 22.3 Å². The van der Waals surface area contributed by atoms with E-state index in [1.807, 2.05) is 0 Å². The molecule has 272 valence electrons. The highest BCUT2D eigenvalue weighted by Gasteiger charge is 2.46. The average Bonchev–Trinajstić information content (AvgIpc) is 1.57. The van der Waals surface area contributed by atoms with Crippen LogP contribution in [0, 0.1) is 0 Å². The maximum Gasteiger partial charge on any atom is 0.136 e. The molecule has 0 spiro atoms. The lowest BCUT2D eigenvalue weighted by molar-refractivity contribution is 0.668. The van der Waals surface area contributed by atoms with Crippen LogP contribution in [0.3, 0.4) is 0 Å². The summed E-state index contributed by atoms with van der Waals surface area (Å²) in [5.74, 6) is 0. The molecule has 3 heteroatoms. The Bertz CT molecular complexity index is 4940. The van der Waals surface area contributed by atoms with E-state index in [9.17, 15) is 17.8 Å². The molecular formula is C55H35NO2. The summed E-state index contributed by atoms with van der Waals surface area (Å²) >= 11 is 0. The molecule has 9 aromatic carbocycles. The van der Waals surface area contributed by atoms with Crippen molar-refractivity contribution in [2.75, 3.05) is 4.90 Å². The van der Waals surface area contributed by atoms with Crippen molar-refractivity contribution in [1.82, 2.24) is 0 Å². The number of anilines is 3. The van der Waals surface area contributed by atoms with E-state index in [1.165, 1.54) is 6.07 Å². The van der Waals surface area contributed by atoms with E-state index < -0.39 is 247 Å². The first kappa shape index (κ1) is 15.0. The van der Waals surface area contributed by atoms with Crippen LogP contribution in [0.15, 0.2) is 220 Å². The molecular weight excluding hydrogens is 707 g/mol. The van der Waals surface area contributed by atoms with Crippen molar-refractivity contribution < 1.29 is 48.6 Å². The van der Waals surface area contributed by atoms with E-state index in [-0.39, 0.29) is 38.8 Å². The molecule has 2 heterocycles. The van der Waals surface area contributed by atoms with Crippen molar-refractivity contribution in [3.63, 3.8) is 0 Å². The smallest absolute Gasteiger partial charge is 0.136 e. The fourth-order valence-corrected chi connectivity index (χ4v) is 7.68. The summed E-state index contributed by atoms with van der Waals surface area (Å²) in [7, 11) is 0. The van der Waals surface area contributed by atoms with Crippen LogP contribution in [-0.2, 0) is 5.41 Å². The van der Waals surface area contributed by atoms with Crippen molar-refractivity contribution in [3.8, 4) is 22.3 Å². The second-order valence-electron chi connectivity index (χ2n) is 13.0. The lowest BCUT2D eigenvalue weighted by Crippen LogP contribution is -2.28. The van der Waals surface area contributed by atoms with Crippen LogP contribution in [0.5, 0.6) is 0 Å². The molecule has 0 unspecified atom stereocenters. The summed E-state index contributed by atoms with van der Waals surface area (Å²) in [6, 6.07) is -19.3. The summed E-state index contributed by atoms with van der Waals surface area (Å²) in [5, 5.41) is -1.11. The van der Waals surface area contributed by atoms with Crippen LogP contribution < -0.4 is 4.90 Å². The molecule has 0 saturated carbocycles. The minimum Gasteiger partial charge on any atom is -0.456 e. The zero-order chi connectivity index (χ0) is 63.4. The Kier molecular flexibility index (Phi) is 3.29. The molecule has 11 aromatic rings. The van der Waals surface area contributed by atoms with Crippen LogP contribution in [0.2, 0.25) is 0 Å². The minimum atomic E-state index is -3.02. The Hall–Kier alpha value is -7.62. The van der Waals surface area contributed by atoms with Gasteiger partial charge in [0.25, 0.3) is 0 Å². The first-order chi connectivity index (χ1) is 40.8. The Morgan fingerprint density at radius 3 is 1.91 bits per heavy atom. The molecule has 0 bridgehead atoms. The molecule has 3 nitrogen and oxygen atoms in total. The Morgan fingerprint density at radius 2 is 1.07 bits per heavy atom. The van der Waals surface area contributed by atoms with E-state index in [0.29, 0.717) is 0 Å². The topological polar surface area (TPSA) is 29.5 Å². The van der Waals surface area contributed by atoms with Gasteiger partial charge in [0.2, 0.25) is 0 Å². The van der Waals surface area contributed by atoms with E-state index in [4.69, 9.17) is 30.8 Å². The summed E-state index contributed by atoms with van der Waals surface area (Å²) in [5.41, 5.74) is -12.2. The summed E-state index contributed by atoms with van der Waals surface area (Å²) in [6.45, 7) is 0. The van der Waals surface area contributed by atoms with Crippen molar-refractivity contribution in [1.29, 1.82) is 0 Å². The predicted octanol–water partition coefficient (Wildman–Crippen LogP) is 15.0. The molecule has 58 heavy (non-hydrogen) atoms. The van der Waals surface area contributed by atoms with Gasteiger partial charge in [-0.15, -0.1) is 0 Å². The van der Waals surface area contributed by atoms with Crippen molar-refractivity contribution in [2.45, 2.75) is 5.41 Å².